The molecule has 5 nitrogen and oxygen atoms in total. The van der Waals surface area contributed by atoms with Crippen LogP contribution in [0, 0.1) is 19.8 Å². The van der Waals surface area contributed by atoms with E-state index in [1.807, 2.05) is 44.2 Å². The Balaban J connectivity index is 1.87. The first kappa shape index (κ1) is 20.0. The molecule has 0 saturated carbocycles. The SMILES string of the molecule is Cc1ccc(S(=O)(=O)NC[C@@](O)(c2ccccc2)C2CCOCC2)cc1C. The monoisotopic (exact) mass is 389 g/mol. The van der Waals surface area contributed by atoms with E-state index in [4.69, 9.17) is 4.74 Å². The van der Waals surface area contributed by atoms with Crippen LogP contribution in [0.1, 0.15) is 29.5 Å². The Hall–Kier alpha value is -1.73. The van der Waals surface area contributed by atoms with E-state index in [9.17, 15) is 13.5 Å². The second-order valence-electron chi connectivity index (χ2n) is 7.25. The highest BCUT2D eigenvalue weighted by Gasteiger charge is 2.40. The number of hydrogen-bond acceptors (Lipinski definition) is 4. The third kappa shape index (κ3) is 4.41. The van der Waals surface area contributed by atoms with E-state index in [2.05, 4.69) is 4.72 Å². The molecule has 2 aromatic carbocycles. The average Bonchev–Trinajstić information content (AvgIpc) is 2.69. The number of hydrogen-bond donors (Lipinski definition) is 2. The maximum atomic E-state index is 12.8. The van der Waals surface area contributed by atoms with Crippen LogP contribution in [0.2, 0.25) is 0 Å². The molecule has 2 aromatic rings. The molecule has 0 bridgehead atoms. The lowest BCUT2D eigenvalue weighted by molar-refractivity contribution is -0.0663. The van der Waals surface area contributed by atoms with Gasteiger partial charge >= 0.3 is 0 Å². The molecule has 0 amide bonds. The minimum Gasteiger partial charge on any atom is -0.383 e. The molecule has 1 saturated heterocycles. The average molecular weight is 390 g/mol. The summed E-state index contributed by atoms with van der Waals surface area (Å²) in [6.07, 6.45) is 1.38. The summed E-state index contributed by atoms with van der Waals surface area (Å²) < 4.78 is 33.7. The highest BCUT2D eigenvalue weighted by molar-refractivity contribution is 7.89. The van der Waals surface area contributed by atoms with Gasteiger partial charge in [0.15, 0.2) is 0 Å². The number of aryl methyl sites for hydroxylation is 2. The molecule has 1 fully saturated rings. The third-order valence-corrected chi connectivity index (χ3v) is 6.89. The zero-order valence-corrected chi connectivity index (χ0v) is 16.6. The minimum absolute atomic E-state index is 0.0725. The molecule has 27 heavy (non-hydrogen) atoms. The fourth-order valence-electron chi connectivity index (χ4n) is 3.55. The Labute approximate surface area is 161 Å². The molecule has 1 heterocycles. The van der Waals surface area contributed by atoms with E-state index in [-0.39, 0.29) is 17.4 Å². The van der Waals surface area contributed by atoms with Gasteiger partial charge in [0.2, 0.25) is 10.0 Å². The molecule has 0 aromatic heterocycles. The standard InChI is InChI=1S/C21H27NO4S/c1-16-8-9-20(14-17(16)2)27(24,25)22-15-21(23,18-6-4-3-5-7-18)19-10-12-26-13-11-19/h3-9,14,19,22-23H,10-13,15H2,1-2H3/t21-/m1/s1. The van der Waals surface area contributed by atoms with Crippen LogP contribution in [0.4, 0.5) is 0 Å². The molecule has 3 rings (SSSR count). The van der Waals surface area contributed by atoms with Crippen molar-refractivity contribution in [2.45, 2.75) is 37.2 Å². The van der Waals surface area contributed by atoms with Gasteiger partial charge in [-0.15, -0.1) is 0 Å². The summed E-state index contributed by atoms with van der Waals surface area (Å²) in [5.74, 6) is -0.0731. The number of nitrogens with one attached hydrogen (secondary N) is 1. The zero-order valence-electron chi connectivity index (χ0n) is 15.8. The van der Waals surface area contributed by atoms with Crippen LogP contribution in [0.25, 0.3) is 0 Å². The number of sulfonamides is 1. The van der Waals surface area contributed by atoms with Gasteiger partial charge in [-0.2, -0.15) is 0 Å². The summed E-state index contributed by atoms with van der Waals surface area (Å²) in [4.78, 5) is 0.216. The van der Waals surface area contributed by atoms with E-state index < -0.39 is 15.6 Å². The number of rotatable bonds is 6. The van der Waals surface area contributed by atoms with E-state index in [0.29, 0.717) is 26.1 Å². The second kappa shape index (κ2) is 8.10. The van der Waals surface area contributed by atoms with Crippen molar-refractivity contribution in [1.29, 1.82) is 0 Å². The van der Waals surface area contributed by atoms with Crippen molar-refractivity contribution < 1.29 is 18.3 Å². The highest BCUT2D eigenvalue weighted by Crippen LogP contribution is 2.36. The molecule has 2 N–H and O–H groups in total. The van der Waals surface area contributed by atoms with Crippen molar-refractivity contribution >= 4 is 10.0 Å². The van der Waals surface area contributed by atoms with Crippen molar-refractivity contribution in [3.8, 4) is 0 Å². The van der Waals surface area contributed by atoms with Crippen molar-refractivity contribution in [3.05, 3.63) is 65.2 Å². The number of benzene rings is 2. The van der Waals surface area contributed by atoms with Gasteiger partial charge in [-0.1, -0.05) is 36.4 Å². The lowest BCUT2D eigenvalue weighted by Gasteiger charge is -2.39. The van der Waals surface area contributed by atoms with Gasteiger partial charge in [-0.05, 0) is 61.4 Å². The molecule has 146 valence electrons. The topological polar surface area (TPSA) is 75.6 Å². The highest BCUT2D eigenvalue weighted by atomic mass is 32.2. The lowest BCUT2D eigenvalue weighted by atomic mass is 9.77. The van der Waals surface area contributed by atoms with Gasteiger partial charge in [-0.25, -0.2) is 13.1 Å². The molecule has 1 aliphatic rings. The number of ether oxygens (including phenoxy) is 1. The van der Waals surface area contributed by atoms with E-state index in [1.165, 1.54) is 0 Å². The molecule has 0 radical (unpaired) electrons. The fourth-order valence-corrected chi connectivity index (χ4v) is 4.71. The Kier molecular flexibility index (Phi) is 6.01. The van der Waals surface area contributed by atoms with Gasteiger partial charge in [0.1, 0.15) is 5.60 Å². The maximum absolute atomic E-state index is 12.8. The molecule has 0 unspecified atom stereocenters. The maximum Gasteiger partial charge on any atom is 0.240 e. The Morgan fingerprint density at radius 3 is 2.37 bits per heavy atom. The van der Waals surface area contributed by atoms with Crippen LogP contribution in [-0.2, 0) is 20.4 Å². The molecule has 6 heteroatoms. The molecular formula is C21H27NO4S. The van der Waals surface area contributed by atoms with Crippen molar-refractivity contribution in [1.82, 2.24) is 4.72 Å². The summed E-state index contributed by atoms with van der Waals surface area (Å²) in [5.41, 5.74) is 1.40. The fraction of sp³-hybridized carbons (Fsp3) is 0.429. The van der Waals surface area contributed by atoms with Gasteiger partial charge in [0.25, 0.3) is 0 Å². The first-order chi connectivity index (χ1) is 12.8. The van der Waals surface area contributed by atoms with Crippen molar-refractivity contribution in [2.75, 3.05) is 19.8 Å². The lowest BCUT2D eigenvalue weighted by Crippen LogP contribution is -2.47. The van der Waals surface area contributed by atoms with E-state index in [1.54, 1.807) is 18.2 Å². The summed E-state index contributed by atoms with van der Waals surface area (Å²) >= 11 is 0. The van der Waals surface area contributed by atoms with E-state index >= 15 is 0 Å². The van der Waals surface area contributed by atoms with Crippen LogP contribution >= 0.6 is 0 Å². The first-order valence-electron chi connectivity index (χ1n) is 9.25. The minimum atomic E-state index is -3.72. The summed E-state index contributed by atoms with van der Waals surface area (Å²) in [6.45, 7) is 4.90. The molecule has 0 spiro atoms. The Morgan fingerprint density at radius 1 is 1.07 bits per heavy atom. The largest absolute Gasteiger partial charge is 0.383 e. The zero-order chi connectivity index (χ0) is 19.5. The van der Waals surface area contributed by atoms with Crippen LogP contribution < -0.4 is 4.72 Å². The van der Waals surface area contributed by atoms with Gasteiger partial charge in [0.05, 0.1) is 4.90 Å². The molecular weight excluding hydrogens is 362 g/mol. The summed E-state index contributed by atoms with van der Waals surface area (Å²) in [6, 6.07) is 14.3. The van der Waals surface area contributed by atoms with Crippen LogP contribution in [0.5, 0.6) is 0 Å². The van der Waals surface area contributed by atoms with Crippen molar-refractivity contribution in [3.63, 3.8) is 0 Å². The van der Waals surface area contributed by atoms with E-state index in [0.717, 1.165) is 16.7 Å². The molecule has 1 atom stereocenters. The molecule has 1 aliphatic heterocycles. The third-order valence-electron chi connectivity index (χ3n) is 5.49. The summed E-state index contributed by atoms with van der Waals surface area (Å²) in [7, 11) is -3.72. The number of aliphatic hydroxyl groups is 1. The Morgan fingerprint density at radius 2 is 1.74 bits per heavy atom. The Bertz CT molecular complexity index is 876. The predicted octanol–water partition coefficient (Wildman–Crippen LogP) is 2.90. The summed E-state index contributed by atoms with van der Waals surface area (Å²) in [5, 5.41) is 11.5. The predicted molar refractivity (Wildman–Crippen MR) is 105 cm³/mol. The normalized spacial score (nSPS) is 18.2. The smallest absolute Gasteiger partial charge is 0.240 e. The van der Waals surface area contributed by atoms with Crippen LogP contribution in [0.3, 0.4) is 0 Å². The molecule has 0 aliphatic carbocycles. The van der Waals surface area contributed by atoms with Gasteiger partial charge < -0.3 is 9.84 Å². The quantitative estimate of drug-likeness (QED) is 0.797. The van der Waals surface area contributed by atoms with Gasteiger partial charge in [0, 0.05) is 19.8 Å². The van der Waals surface area contributed by atoms with Gasteiger partial charge in [-0.3, -0.25) is 0 Å². The second-order valence-corrected chi connectivity index (χ2v) is 9.01. The van der Waals surface area contributed by atoms with Crippen LogP contribution in [0.15, 0.2) is 53.4 Å². The van der Waals surface area contributed by atoms with Crippen LogP contribution in [-0.4, -0.2) is 33.3 Å². The van der Waals surface area contributed by atoms with Crippen molar-refractivity contribution in [2.24, 2.45) is 5.92 Å². The first-order valence-corrected chi connectivity index (χ1v) is 10.7.